The van der Waals surface area contributed by atoms with Crippen molar-refractivity contribution in [1.82, 2.24) is 24.1 Å². The molecular formula is C48H37N5PtSi. The minimum atomic E-state index is -3.14. The van der Waals surface area contributed by atoms with Crippen LogP contribution in [-0.4, -0.2) is 32.2 Å². The maximum Gasteiger partial charge on any atom is 2.00 e. The van der Waals surface area contributed by atoms with E-state index in [-0.39, 0.29) is 26.5 Å². The Hall–Kier alpha value is -5.68. The van der Waals surface area contributed by atoms with Crippen molar-refractivity contribution in [2.45, 2.75) is 33.1 Å². The van der Waals surface area contributed by atoms with E-state index >= 15 is 0 Å². The number of rotatable bonds is 5. The molecule has 0 radical (unpaired) electrons. The number of para-hydroxylation sites is 1. The molecule has 0 unspecified atom stereocenters. The van der Waals surface area contributed by atoms with Gasteiger partial charge in [-0.1, -0.05) is 128 Å². The number of aryl methyl sites for hydroxylation is 1. The Balaban J connectivity index is 0.00000397. The van der Waals surface area contributed by atoms with E-state index < -0.39 is 8.07 Å². The Bertz CT molecular complexity index is 3000. The van der Waals surface area contributed by atoms with E-state index in [0.717, 1.165) is 60.1 Å². The Kier molecular flexibility index (Phi) is 8.45. The van der Waals surface area contributed by atoms with Gasteiger partial charge in [0, 0.05) is 21.6 Å². The third kappa shape index (κ3) is 5.42. The van der Waals surface area contributed by atoms with E-state index in [2.05, 4.69) is 192 Å². The number of hydrogen-bond acceptors (Lipinski definition) is 3. The second-order valence-corrected chi connectivity index (χ2v) is 19.0. The predicted molar refractivity (Wildman–Crippen MR) is 225 cm³/mol. The average molecular weight is 907 g/mol. The normalized spacial score (nSPS) is 12.2. The summed E-state index contributed by atoms with van der Waals surface area (Å²) in [6, 6.07) is 60.2. The first-order chi connectivity index (χ1) is 26.3. The molecule has 7 heteroatoms. The maximum atomic E-state index is 5.83. The van der Waals surface area contributed by atoms with Crippen LogP contribution in [-0.2, 0) is 26.5 Å². The molecule has 5 nitrogen and oxygen atoms in total. The standard InChI is InChI=1S/C48H37N5Si.Pt/c1-32-20-26-43-41(28-32)38-24-22-37(30-42(38)47-51-49-31-52(43)47)54(35-16-10-6-11-17-35,36-18-12-7-13-19-36)45-27-25-40-39-23-21-33(48(2,3)4)29-44(39)53(46(40)50-45)34-14-8-5-9-15-34;/h5-14,16-29,31H,1-4H3;/q-2;+2. The number of pyridine rings is 2. The van der Waals surface area contributed by atoms with Crippen molar-refractivity contribution in [3.8, 4) is 5.69 Å². The summed E-state index contributed by atoms with van der Waals surface area (Å²) in [5.41, 5.74) is 7.36. The monoisotopic (exact) mass is 906 g/mol. The van der Waals surface area contributed by atoms with Crippen LogP contribution in [0.15, 0.2) is 152 Å². The molecule has 0 aliphatic heterocycles. The van der Waals surface area contributed by atoms with Gasteiger partial charge in [-0.25, -0.2) is 4.98 Å². The molecule has 10 rings (SSSR count). The summed E-state index contributed by atoms with van der Waals surface area (Å²) in [6.45, 7) is 8.94. The summed E-state index contributed by atoms with van der Waals surface area (Å²) in [7, 11) is -3.14. The zero-order valence-corrected chi connectivity index (χ0v) is 34.3. The fourth-order valence-electron chi connectivity index (χ4n) is 8.39. The van der Waals surface area contributed by atoms with Gasteiger partial charge < -0.3 is 8.97 Å². The van der Waals surface area contributed by atoms with Gasteiger partial charge in [-0.2, -0.15) is 29.4 Å². The minimum Gasteiger partial charge on any atom is -0.323 e. The van der Waals surface area contributed by atoms with Crippen molar-refractivity contribution in [1.29, 1.82) is 0 Å². The van der Waals surface area contributed by atoms with Crippen LogP contribution < -0.4 is 20.9 Å². The zero-order valence-electron chi connectivity index (χ0n) is 31.0. The van der Waals surface area contributed by atoms with Gasteiger partial charge in [-0.15, -0.1) is 34.6 Å². The third-order valence-corrected chi connectivity index (χ3v) is 15.6. The van der Waals surface area contributed by atoms with Gasteiger partial charge in [0.2, 0.25) is 0 Å². The van der Waals surface area contributed by atoms with E-state index in [1.165, 1.54) is 26.9 Å². The number of hydrogen-bond donors (Lipinski definition) is 0. The third-order valence-electron chi connectivity index (χ3n) is 11.0. The van der Waals surface area contributed by atoms with Crippen molar-refractivity contribution >= 4 is 78.2 Å². The molecule has 0 N–H and O–H groups in total. The summed E-state index contributed by atoms with van der Waals surface area (Å²) in [6.07, 6.45) is 1.81. The molecule has 4 aromatic heterocycles. The number of benzene rings is 6. The van der Waals surface area contributed by atoms with Crippen molar-refractivity contribution in [3.63, 3.8) is 0 Å². The molecule has 0 aliphatic carbocycles. The van der Waals surface area contributed by atoms with Crippen LogP contribution in [0.2, 0.25) is 0 Å². The van der Waals surface area contributed by atoms with E-state index in [1.54, 1.807) is 0 Å². The first-order valence-electron chi connectivity index (χ1n) is 18.5. The van der Waals surface area contributed by atoms with Crippen LogP contribution in [0.25, 0.3) is 54.9 Å². The van der Waals surface area contributed by atoms with Gasteiger partial charge in [0.15, 0.2) is 8.07 Å². The van der Waals surface area contributed by atoms with Crippen LogP contribution in [0.1, 0.15) is 31.9 Å². The summed E-state index contributed by atoms with van der Waals surface area (Å²) in [5.74, 6) is 0. The Morgan fingerprint density at radius 2 is 1.35 bits per heavy atom. The summed E-state index contributed by atoms with van der Waals surface area (Å²) < 4.78 is 4.40. The summed E-state index contributed by atoms with van der Waals surface area (Å²) in [4.78, 5) is 5.83. The molecule has 0 amide bonds. The number of nitrogens with zero attached hydrogens (tertiary/aromatic N) is 5. The molecule has 4 heterocycles. The second-order valence-electron chi connectivity index (χ2n) is 15.3. The molecule has 6 aromatic carbocycles. The quantitative estimate of drug-likeness (QED) is 0.0760. The predicted octanol–water partition coefficient (Wildman–Crippen LogP) is 8.11. The Morgan fingerprint density at radius 1 is 0.636 bits per heavy atom. The molecule has 10 aromatic rings. The Morgan fingerprint density at radius 3 is 2.05 bits per heavy atom. The van der Waals surface area contributed by atoms with Crippen molar-refractivity contribution in [2.24, 2.45) is 0 Å². The maximum absolute atomic E-state index is 5.83. The second kappa shape index (κ2) is 13.3. The van der Waals surface area contributed by atoms with Gasteiger partial charge in [-0.3, -0.25) is 0 Å². The first kappa shape index (κ1) is 35.0. The average Bonchev–Trinajstić information content (AvgIpc) is 3.82. The van der Waals surface area contributed by atoms with E-state index in [1.807, 2.05) is 18.5 Å². The van der Waals surface area contributed by atoms with E-state index in [0.29, 0.717) is 0 Å². The van der Waals surface area contributed by atoms with Gasteiger partial charge >= 0.3 is 21.1 Å². The first-order valence-corrected chi connectivity index (χ1v) is 20.5. The molecule has 0 fully saturated rings. The fraction of sp³-hybridized carbons (Fsp3) is 0.104. The van der Waals surface area contributed by atoms with Crippen molar-refractivity contribution < 1.29 is 21.1 Å². The van der Waals surface area contributed by atoms with E-state index in [4.69, 9.17) is 4.98 Å². The van der Waals surface area contributed by atoms with Crippen LogP contribution >= 0.6 is 0 Å². The minimum absolute atomic E-state index is 0. The van der Waals surface area contributed by atoms with Crippen LogP contribution in [0.5, 0.6) is 0 Å². The molecule has 55 heavy (non-hydrogen) atoms. The topological polar surface area (TPSA) is 48.0 Å². The van der Waals surface area contributed by atoms with Crippen LogP contribution in [0.3, 0.4) is 0 Å². The smallest absolute Gasteiger partial charge is 0.323 e. The molecule has 0 aliphatic rings. The summed E-state index contributed by atoms with van der Waals surface area (Å²) in [5, 5.41) is 19.2. The summed E-state index contributed by atoms with van der Waals surface area (Å²) >= 11 is 0. The van der Waals surface area contributed by atoms with Gasteiger partial charge in [-0.05, 0) is 57.9 Å². The van der Waals surface area contributed by atoms with Crippen LogP contribution in [0.4, 0.5) is 0 Å². The molecule has 268 valence electrons. The SMILES string of the molecule is Cc1ccc2c(c1)c1ccc([Si](c3ccccc3)(c3ccccc3)c3ccc4c5ccc(C(C)(C)C)cc5n(-c5[c-]cccc5)c4n3)[c-]c1c1nncn21.[Pt+2]. The molecule has 0 saturated heterocycles. The van der Waals surface area contributed by atoms with Gasteiger partial charge in [0.1, 0.15) is 12.0 Å². The van der Waals surface area contributed by atoms with Crippen molar-refractivity contribution in [2.75, 3.05) is 0 Å². The fourth-order valence-corrected chi connectivity index (χ4v) is 12.8. The van der Waals surface area contributed by atoms with Gasteiger partial charge in [0.05, 0.1) is 11.2 Å². The molecule has 0 spiro atoms. The van der Waals surface area contributed by atoms with E-state index in [9.17, 15) is 0 Å². The molecule has 0 atom stereocenters. The number of fused-ring (bicyclic) bond motifs is 9. The zero-order chi connectivity index (χ0) is 36.6. The number of aromatic nitrogens is 5. The molecule has 0 bridgehead atoms. The van der Waals surface area contributed by atoms with Crippen molar-refractivity contribution in [3.05, 3.63) is 175 Å². The largest absolute Gasteiger partial charge is 2.00 e. The van der Waals surface area contributed by atoms with Crippen LogP contribution in [0, 0.1) is 19.1 Å². The Labute approximate surface area is 335 Å². The van der Waals surface area contributed by atoms with Gasteiger partial charge in [0.25, 0.3) is 0 Å². The molecule has 0 saturated carbocycles. The molecular weight excluding hydrogens is 870 g/mol.